The molecule has 1 aromatic carbocycles. The molecule has 0 radical (unpaired) electrons. The van der Waals surface area contributed by atoms with Crippen molar-refractivity contribution in [1.82, 2.24) is 0 Å². The van der Waals surface area contributed by atoms with Gasteiger partial charge in [-0.3, -0.25) is 14.3 Å². The van der Waals surface area contributed by atoms with E-state index in [9.17, 15) is 14.3 Å². The Balaban J connectivity index is 2.56. The molecule has 0 aliphatic heterocycles. The molecule has 0 bridgehead atoms. The fraction of sp³-hybridized carbons (Fsp3) is 0.500. The van der Waals surface area contributed by atoms with Crippen molar-refractivity contribution < 1.29 is 9.13 Å². The van der Waals surface area contributed by atoms with Crippen LogP contribution in [0.3, 0.4) is 0 Å². The molecule has 2 atom stereocenters. The van der Waals surface area contributed by atoms with E-state index in [0.717, 1.165) is 12.1 Å². The molecule has 1 N–H and O–H groups in total. The van der Waals surface area contributed by atoms with E-state index in [1.807, 2.05) is 6.92 Å². The monoisotopic (exact) mass is 270 g/mol. The number of benzene rings is 1. The lowest BCUT2D eigenvalue weighted by Gasteiger charge is -2.10. The molecule has 0 amide bonds. The summed E-state index contributed by atoms with van der Waals surface area (Å²) in [5.41, 5.74) is 1.62. The van der Waals surface area contributed by atoms with Crippen LogP contribution in [0.4, 0.5) is 11.4 Å². The number of hydrogen-bond acceptors (Lipinski definition) is 4. The third-order valence-corrected chi connectivity index (χ3v) is 4.21. The second-order valence-electron chi connectivity index (χ2n) is 4.28. The fourth-order valence-electron chi connectivity index (χ4n) is 1.56. The summed E-state index contributed by atoms with van der Waals surface area (Å²) in [5.74, 6) is 0. The van der Waals surface area contributed by atoms with Gasteiger partial charge in [-0.15, -0.1) is 0 Å². The normalized spacial score (nSPS) is 13.9. The van der Waals surface area contributed by atoms with Crippen LogP contribution in [0.2, 0.25) is 0 Å². The zero-order chi connectivity index (χ0) is 13.7. The minimum atomic E-state index is -0.812. The third kappa shape index (κ3) is 4.10. The molecule has 0 aliphatic carbocycles. The third-order valence-electron chi connectivity index (χ3n) is 2.84. The highest BCUT2D eigenvalue weighted by atomic mass is 32.2. The first-order valence-corrected chi connectivity index (χ1v) is 7.35. The molecule has 0 saturated heterocycles. The van der Waals surface area contributed by atoms with Crippen LogP contribution in [0.5, 0.6) is 0 Å². The summed E-state index contributed by atoms with van der Waals surface area (Å²) in [7, 11) is -0.812. The van der Waals surface area contributed by atoms with Gasteiger partial charge >= 0.3 is 0 Å². The number of nitro benzene ring substituents is 1. The van der Waals surface area contributed by atoms with Crippen LogP contribution in [-0.2, 0) is 10.8 Å². The van der Waals surface area contributed by atoms with Gasteiger partial charge in [0.1, 0.15) is 0 Å². The van der Waals surface area contributed by atoms with Crippen LogP contribution in [0, 0.1) is 17.0 Å². The van der Waals surface area contributed by atoms with Gasteiger partial charge in [-0.2, -0.15) is 0 Å². The number of nitrogens with one attached hydrogen (secondary N) is 1. The van der Waals surface area contributed by atoms with Crippen LogP contribution >= 0.6 is 0 Å². The highest BCUT2D eigenvalue weighted by Gasteiger charge is 2.10. The van der Waals surface area contributed by atoms with Crippen LogP contribution in [-0.4, -0.2) is 27.2 Å². The first-order chi connectivity index (χ1) is 8.41. The molecule has 1 aromatic rings. The maximum atomic E-state index is 11.2. The van der Waals surface area contributed by atoms with E-state index in [4.69, 9.17) is 0 Å². The summed E-state index contributed by atoms with van der Waals surface area (Å²) < 4.78 is 11.2. The number of anilines is 1. The lowest BCUT2D eigenvalue weighted by atomic mass is 10.2. The summed E-state index contributed by atoms with van der Waals surface area (Å²) in [5, 5.41) is 14.0. The first kappa shape index (κ1) is 14.6. The van der Waals surface area contributed by atoms with Crippen LogP contribution in [0.25, 0.3) is 0 Å². The fourth-order valence-corrected chi connectivity index (χ4v) is 2.01. The molecule has 0 saturated carbocycles. The second kappa shape index (κ2) is 6.49. The molecule has 1 rings (SSSR count). The topological polar surface area (TPSA) is 72.2 Å². The molecule has 2 unspecified atom stereocenters. The molecule has 0 heterocycles. The molecule has 0 aliphatic rings. The van der Waals surface area contributed by atoms with Gasteiger partial charge in [-0.25, -0.2) is 0 Å². The van der Waals surface area contributed by atoms with Crippen molar-refractivity contribution >= 4 is 22.2 Å². The summed E-state index contributed by atoms with van der Waals surface area (Å²) >= 11 is 0. The van der Waals surface area contributed by atoms with Crippen LogP contribution < -0.4 is 5.32 Å². The summed E-state index contributed by atoms with van der Waals surface area (Å²) in [6, 6.07) is 4.95. The molecule has 100 valence electrons. The maximum Gasteiger partial charge on any atom is 0.272 e. The molecule has 0 spiro atoms. The van der Waals surface area contributed by atoms with Crippen molar-refractivity contribution in [1.29, 1.82) is 0 Å². The quantitative estimate of drug-likeness (QED) is 0.636. The van der Waals surface area contributed by atoms with Crippen molar-refractivity contribution in [2.45, 2.75) is 25.5 Å². The predicted molar refractivity (Wildman–Crippen MR) is 74.5 cm³/mol. The lowest BCUT2D eigenvalue weighted by molar-refractivity contribution is -0.385. The average molecular weight is 270 g/mol. The van der Waals surface area contributed by atoms with Gasteiger partial charge in [0.15, 0.2) is 0 Å². The van der Waals surface area contributed by atoms with E-state index in [-0.39, 0.29) is 15.9 Å². The minimum Gasteiger partial charge on any atom is -0.385 e. The van der Waals surface area contributed by atoms with Gasteiger partial charge in [0.25, 0.3) is 5.69 Å². The number of aryl methyl sites for hydroxylation is 1. The van der Waals surface area contributed by atoms with E-state index in [1.54, 1.807) is 25.3 Å². The molecular formula is C12H18N2O3S. The first-order valence-electron chi connectivity index (χ1n) is 5.73. The average Bonchev–Trinajstić information content (AvgIpc) is 2.28. The molecule has 0 aromatic heterocycles. The van der Waals surface area contributed by atoms with Crippen molar-refractivity contribution in [2.24, 2.45) is 0 Å². The SMILES string of the molecule is Cc1cc(NCCC(C)S(C)=O)ccc1[N+](=O)[O-]. The zero-order valence-electron chi connectivity index (χ0n) is 10.8. The van der Waals surface area contributed by atoms with Crippen molar-refractivity contribution in [3.05, 3.63) is 33.9 Å². The Morgan fingerprint density at radius 2 is 2.17 bits per heavy atom. The molecule has 6 heteroatoms. The summed E-state index contributed by atoms with van der Waals surface area (Å²) in [6.07, 6.45) is 2.50. The van der Waals surface area contributed by atoms with E-state index >= 15 is 0 Å². The van der Waals surface area contributed by atoms with Crippen LogP contribution in [0.1, 0.15) is 18.9 Å². The molecular weight excluding hydrogens is 252 g/mol. The van der Waals surface area contributed by atoms with Crippen molar-refractivity contribution in [2.75, 3.05) is 18.1 Å². The molecule has 0 fully saturated rings. The largest absolute Gasteiger partial charge is 0.385 e. The lowest BCUT2D eigenvalue weighted by Crippen LogP contribution is -2.14. The Morgan fingerprint density at radius 3 is 2.67 bits per heavy atom. The van der Waals surface area contributed by atoms with E-state index < -0.39 is 10.8 Å². The van der Waals surface area contributed by atoms with E-state index in [1.165, 1.54) is 6.07 Å². The number of rotatable bonds is 6. The smallest absolute Gasteiger partial charge is 0.272 e. The standard InChI is InChI=1S/C12H18N2O3S/c1-9-8-11(4-5-12(9)14(15)16)13-7-6-10(2)18(3)17/h4-5,8,10,13H,6-7H2,1-3H3. The van der Waals surface area contributed by atoms with Gasteiger partial charge in [0, 0.05) is 46.2 Å². The Hall–Kier alpha value is -1.43. The number of hydrogen-bond donors (Lipinski definition) is 1. The van der Waals surface area contributed by atoms with E-state index in [0.29, 0.717) is 12.1 Å². The highest BCUT2D eigenvalue weighted by molar-refractivity contribution is 7.84. The second-order valence-corrected chi connectivity index (χ2v) is 6.08. The molecule has 5 nitrogen and oxygen atoms in total. The molecule has 18 heavy (non-hydrogen) atoms. The maximum absolute atomic E-state index is 11.2. The Labute approximate surface area is 109 Å². The van der Waals surface area contributed by atoms with Gasteiger partial charge in [-0.05, 0) is 25.5 Å². The summed E-state index contributed by atoms with van der Waals surface area (Å²) in [4.78, 5) is 10.3. The minimum absolute atomic E-state index is 0.128. The Morgan fingerprint density at radius 1 is 1.50 bits per heavy atom. The number of nitrogens with zero attached hydrogens (tertiary/aromatic N) is 1. The predicted octanol–water partition coefficient (Wildman–Crippen LogP) is 2.47. The Bertz CT molecular complexity index is 463. The highest BCUT2D eigenvalue weighted by Crippen LogP contribution is 2.21. The van der Waals surface area contributed by atoms with Crippen molar-refractivity contribution in [3.63, 3.8) is 0 Å². The van der Waals surface area contributed by atoms with Crippen LogP contribution in [0.15, 0.2) is 18.2 Å². The van der Waals surface area contributed by atoms with Gasteiger partial charge < -0.3 is 5.32 Å². The van der Waals surface area contributed by atoms with Gasteiger partial charge in [0.2, 0.25) is 0 Å². The zero-order valence-corrected chi connectivity index (χ0v) is 11.6. The van der Waals surface area contributed by atoms with Crippen molar-refractivity contribution in [3.8, 4) is 0 Å². The number of nitro groups is 1. The van der Waals surface area contributed by atoms with Gasteiger partial charge in [0.05, 0.1) is 4.92 Å². The van der Waals surface area contributed by atoms with E-state index in [2.05, 4.69) is 5.32 Å². The summed E-state index contributed by atoms with van der Waals surface area (Å²) in [6.45, 7) is 4.36. The Kier molecular flexibility index (Phi) is 5.27. The van der Waals surface area contributed by atoms with Gasteiger partial charge in [-0.1, -0.05) is 6.92 Å².